The van der Waals surface area contributed by atoms with Gasteiger partial charge in [0.05, 0.1) is 12.7 Å². The van der Waals surface area contributed by atoms with E-state index in [0.717, 1.165) is 62.9 Å². The number of hydrogen-bond donors (Lipinski definition) is 1. The van der Waals surface area contributed by atoms with Crippen molar-refractivity contribution >= 4 is 5.78 Å². The molecule has 2 rings (SSSR count). The third-order valence-corrected chi connectivity index (χ3v) is 6.44. The maximum atomic E-state index is 13.7. The molecule has 0 aromatic heterocycles. The summed E-state index contributed by atoms with van der Waals surface area (Å²) in [5.74, 6) is 0.736. The van der Waals surface area contributed by atoms with Crippen LogP contribution in [0.15, 0.2) is 24.3 Å². The van der Waals surface area contributed by atoms with E-state index in [1.807, 2.05) is 29.2 Å². The predicted octanol–water partition coefficient (Wildman–Crippen LogP) is 6.14. The number of benzene rings is 1. The molecule has 0 radical (unpaired) electrons. The number of alkyl halides is 1. The molecule has 0 bridgehead atoms. The first kappa shape index (κ1) is 30.5. The Balaban J connectivity index is 0.00000578. The van der Waals surface area contributed by atoms with Crippen molar-refractivity contribution in [3.05, 3.63) is 29.8 Å². The Kier molecular flexibility index (Phi) is 16.0. The van der Waals surface area contributed by atoms with Crippen LogP contribution in [0, 0.1) is 5.92 Å². The fourth-order valence-electron chi connectivity index (χ4n) is 4.42. The van der Waals surface area contributed by atoms with E-state index >= 15 is 0 Å². The number of ether oxygens (including phenoxy) is 2. The van der Waals surface area contributed by atoms with Crippen LogP contribution in [0.25, 0.3) is 0 Å². The van der Waals surface area contributed by atoms with Crippen LogP contribution in [0.1, 0.15) is 90.2 Å². The van der Waals surface area contributed by atoms with E-state index in [1.165, 1.54) is 0 Å². The SMILES string of the molecule is C.CCCCOc1ccc([C@@H](O)[C@H](CC(=O)CCCCCCCOC)CN2CC[C@@H](F)C2)cc1. The lowest BCUT2D eigenvalue weighted by Gasteiger charge is -2.27. The zero-order chi connectivity index (χ0) is 23.9. The van der Waals surface area contributed by atoms with Crippen LogP contribution < -0.4 is 4.74 Å². The predicted molar refractivity (Wildman–Crippen MR) is 137 cm³/mol. The molecule has 0 unspecified atom stereocenters. The minimum absolute atomic E-state index is 0. The number of carbonyl (C=O) groups is 1. The van der Waals surface area contributed by atoms with Gasteiger partial charge in [0.25, 0.3) is 0 Å². The van der Waals surface area contributed by atoms with Gasteiger partial charge in [0.1, 0.15) is 17.7 Å². The number of likely N-dealkylation sites (tertiary alicyclic amines) is 1. The van der Waals surface area contributed by atoms with Gasteiger partial charge < -0.3 is 14.6 Å². The second-order valence-electron chi connectivity index (χ2n) is 9.37. The largest absolute Gasteiger partial charge is 0.494 e. The number of aliphatic hydroxyl groups excluding tert-OH is 1. The first-order valence-corrected chi connectivity index (χ1v) is 12.8. The fourth-order valence-corrected chi connectivity index (χ4v) is 4.42. The quantitative estimate of drug-likeness (QED) is 0.255. The van der Waals surface area contributed by atoms with Crippen molar-refractivity contribution in [2.75, 3.05) is 40.0 Å². The first-order chi connectivity index (χ1) is 16.0. The van der Waals surface area contributed by atoms with Gasteiger partial charge in [0.2, 0.25) is 0 Å². The Morgan fingerprint density at radius 2 is 1.82 bits per heavy atom. The summed E-state index contributed by atoms with van der Waals surface area (Å²) in [5, 5.41) is 11.1. The molecule has 1 saturated heterocycles. The summed E-state index contributed by atoms with van der Waals surface area (Å²) in [5.41, 5.74) is 0.782. The van der Waals surface area contributed by atoms with Gasteiger partial charge in [-0.05, 0) is 43.4 Å². The van der Waals surface area contributed by atoms with Crippen molar-refractivity contribution in [2.45, 2.75) is 90.8 Å². The summed E-state index contributed by atoms with van der Waals surface area (Å²) in [7, 11) is 1.72. The lowest BCUT2D eigenvalue weighted by molar-refractivity contribution is -0.121. The number of hydrogen-bond acceptors (Lipinski definition) is 5. The molecule has 0 saturated carbocycles. The third kappa shape index (κ3) is 11.8. The van der Waals surface area contributed by atoms with Gasteiger partial charge in [0.15, 0.2) is 0 Å². The topological polar surface area (TPSA) is 59.0 Å². The van der Waals surface area contributed by atoms with Gasteiger partial charge in [0, 0.05) is 52.1 Å². The molecule has 1 N–H and O–H groups in total. The molecule has 5 nitrogen and oxygen atoms in total. The summed E-state index contributed by atoms with van der Waals surface area (Å²) < 4.78 is 24.5. The van der Waals surface area contributed by atoms with Crippen molar-refractivity contribution in [3.63, 3.8) is 0 Å². The summed E-state index contributed by atoms with van der Waals surface area (Å²) in [4.78, 5) is 14.8. The van der Waals surface area contributed by atoms with Crippen LogP contribution >= 0.6 is 0 Å². The lowest BCUT2D eigenvalue weighted by Crippen LogP contribution is -2.32. The normalized spacial score (nSPS) is 17.8. The van der Waals surface area contributed by atoms with Gasteiger partial charge in [-0.3, -0.25) is 9.69 Å². The van der Waals surface area contributed by atoms with Gasteiger partial charge in [-0.1, -0.05) is 52.2 Å². The minimum Gasteiger partial charge on any atom is -0.494 e. The second kappa shape index (κ2) is 17.9. The van der Waals surface area contributed by atoms with E-state index in [1.54, 1.807) is 7.11 Å². The number of carbonyl (C=O) groups excluding carboxylic acids is 1. The molecule has 3 atom stereocenters. The summed E-state index contributed by atoms with van der Waals surface area (Å²) in [6.07, 6.45) is 7.15. The summed E-state index contributed by atoms with van der Waals surface area (Å²) >= 11 is 0. The van der Waals surface area contributed by atoms with E-state index in [0.29, 0.717) is 45.5 Å². The molecule has 0 spiro atoms. The van der Waals surface area contributed by atoms with Crippen LogP contribution in [0.3, 0.4) is 0 Å². The summed E-state index contributed by atoms with van der Waals surface area (Å²) in [6, 6.07) is 7.52. The van der Waals surface area contributed by atoms with Crippen LogP contribution in [0.4, 0.5) is 4.39 Å². The smallest absolute Gasteiger partial charge is 0.133 e. The number of halogens is 1. The minimum atomic E-state index is -0.809. The van der Waals surface area contributed by atoms with Crippen LogP contribution in [0.2, 0.25) is 0 Å². The summed E-state index contributed by atoms with van der Waals surface area (Å²) in [6.45, 7) is 5.22. The number of aliphatic hydroxyl groups is 1. The molecular weight excluding hydrogens is 433 g/mol. The number of Topliss-reactive ketones (excluding diaryl/α,β-unsaturated/α-hetero) is 1. The monoisotopic (exact) mass is 481 g/mol. The highest BCUT2D eigenvalue weighted by molar-refractivity contribution is 5.78. The standard InChI is InChI=1S/C27H44FNO4.CH4/c1-3-4-18-33-26-13-11-22(12-14-26)27(31)23(20-29-16-15-24(28)21-29)19-25(30)10-8-6-5-7-9-17-32-2;/h11-14,23-24,27,31H,3-10,15-21H2,1-2H3;1H4/t23-,24-,27-;/m1./s1. The molecule has 6 heteroatoms. The van der Waals surface area contributed by atoms with E-state index in [2.05, 4.69) is 6.92 Å². The number of rotatable bonds is 18. The van der Waals surface area contributed by atoms with Crippen molar-refractivity contribution in [2.24, 2.45) is 5.92 Å². The molecule has 1 aliphatic heterocycles. The van der Waals surface area contributed by atoms with Crippen molar-refractivity contribution < 1.29 is 23.8 Å². The second-order valence-corrected chi connectivity index (χ2v) is 9.37. The highest BCUT2D eigenvalue weighted by atomic mass is 19.1. The van der Waals surface area contributed by atoms with Crippen LogP contribution in [0.5, 0.6) is 5.75 Å². The number of unbranched alkanes of at least 4 members (excludes halogenated alkanes) is 5. The van der Waals surface area contributed by atoms with Gasteiger partial charge in [-0.2, -0.15) is 0 Å². The highest BCUT2D eigenvalue weighted by Gasteiger charge is 2.29. The molecule has 1 aliphatic rings. The van der Waals surface area contributed by atoms with Crippen molar-refractivity contribution in [1.29, 1.82) is 0 Å². The van der Waals surface area contributed by atoms with Gasteiger partial charge >= 0.3 is 0 Å². The Morgan fingerprint density at radius 3 is 2.47 bits per heavy atom. The van der Waals surface area contributed by atoms with E-state index < -0.39 is 12.3 Å². The number of ketones is 1. The molecule has 1 heterocycles. The average Bonchev–Trinajstić information content (AvgIpc) is 3.22. The lowest BCUT2D eigenvalue weighted by atomic mass is 9.89. The Morgan fingerprint density at radius 1 is 1.12 bits per heavy atom. The average molecular weight is 482 g/mol. The Bertz CT molecular complexity index is 654. The number of methoxy groups -OCH3 is 1. The maximum absolute atomic E-state index is 13.7. The molecule has 0 aliphatic carbocycles. The molecule has 1 fully saturated rings. The Hall–Kier alpha value is -1.50. The van der Waals surface area contributed by atoms with E-state index in [4.69, 9.17) is 9.47 Å². The highest BCUT2D eigenvalue weighted by Crippen LogP contribution is 2.29. The Labute approximate surface area is 207 Å². The number of nitrogens with zero attached hydrogens (tertiary/aromatic N) is 1. The zero-order valence-electron chi connectivity index (χ0n) is 20.6. The van der Waals surface area contributed by atoms with E-state index in [9.17, 15) is 14.3 Å². The molecular formula is C28H48FNO4. The van der Waals surface area contributed by atoms with Crippen molar-refractivity contribution in [3.8, 4) is 5.75 Å². The molecule has 1 aromatic rings. The maximum Gasteiger partial charge on any atom is 0.133 e. The van der Waals surface area contributed by atoms with Crippen molar-refractivity contribution in [1.82, 2.24) is 4.90 Å². The molecule has 0 amide bonds. The van der Waals surface area contributed by atoms with Crippen LogP contribution in [-0.2, 0) is 9.53 Å². The molecule has 196 valence electrons. The van der Waals surface area contributed by atoms with E-state index in [-0.39, 0.29) is 19.1 Å². The third-order valence-electron chi connectivity index (χ3n) is 6.44. The van der Waals surface area contributed by atoms with Gasteiger partial charge in [-0.25, -0.2) is 4.39 Å². The van der Waals surface area contributed by atoms with Crippen LogP contribution in [-0.4, -0.2) is 61.9 Å². The molecule has 1 aromatic carbocycles. The molecule has 34 heavy (non-hydrogen) atoms. The first-order valence-electron chi connectivity index (χ1n) is 12.8. The zero-order valence-corrected chi connectivity index (χ0v) is 20.6. The fraction of sp³-hybridized carbons (Fsp3) is 0.750. The van der Waals surface area contributed by atoms with Gasteiger partial charge in [-0.15, -0.1) is 0 Å².